The normalized spacial score (nSPS) is 16.6. The van der Waals surface area contributed by atoms with Crippen LogP contribution in [0.2, 0.25) is 0 Å². The minimum atomic E-state index is -3.46. The predicted molar refractivity (Wildman–Crippen MR) is 88.8 cm³/mol. The lowest BCUT2D eigenvalue weighted by Gasteiger charge is -2.23. The molecule has 1 heterocycles. The molecule has 1 aliphatic rings. The monoisotopic (exact) mass is 347 g/mol. The first-order valence-electron chi connectivity index (χ1n) is 6.91. The highest BCUT2D eigenvalue weighted by Crippen LogP contribution is 2.31. The van der Waals surface area contributed by atoms with Crippen molar-refractivity contribution in [2.45, 2.75) is 31.2 Å². The minimum Gasteiger partial charge on any atom is -0.327 e. The molecule has 1 amide bonds. The van der Waals surface area contributed by atoms with E-state index in [1.54, 1.807) is 17.0 Å². The number of hydrogen-bond acceptors (Lipinski definition) is 4. The molecular formula is C14H22ClN3O3S. The van der Waals surface area contributed by atoms with Crippen LogP contribution in [0.4, 0.5) is 5.69 Å². The average Bonchev–Trinajstić information content (AvgIpc) is 2.88. The molecule has 0 saturated heterocycles. The Hall–Kier alpha value is -1.15. The van der Waals surface area contributed by atoms with Gasteiger partial charge < -0.3 is 10.6 Å². The summed E-state index contributed by atoms with van der Waals surface area (Å²) in [6.45, 7) is 4.18. The maximum absolute atomic E-state index is 12.4. The number of carbonyl (C=O) groups excluding carboxylic acids is 1. The summed E-state index contributed by atoms with van der Waals surface area (Å²) < 4.78 is 25.9. The van der Waals surface area contributed by atoms with E-state index in [2.05, 4.69) is 4.72 Å². The molecule has 0 aromatic heterocycles. The number of sulfonamides is 1. The van der Waals surface area contributed by atoms with Gasteiger partial charge in [-0.3, -0.25) is 4.79 Å². The third-order valence-corrected chi connectivity index (χ3v) is 5.38. The number of benzene rings is 1. The Bertz CT molecular complexity index is 661. The van der Waals surface area contributed by atoms with Gasteiger partial charge in [-0.2, -0.15) is 0 Å². The van der Waals surface area contributed by atoms with E-state index in [0.717, 1.165) is 11.3 Å². The largest absolute Gasteiger partial charge is 0.327 e. The molecule has 2 atom stereocenters. The molecule has 2 rings (SSSR count). The first-order valence-corrected chi connectivity index (χ1v) is 8.39. The van der Waals surface area contributed by atoms with Crippen molar-refractivity contribution in [1.82, 2.24) is 4.72 Å². The van der Waals surface area contributed by atoms with Crippen LogP contribution in [0.15, 0.2) is 23.1 Å². The Labute approximate surface area is 137 Å². The van der Waals surface area contributed by atoms with Crippen molar-refractivity contribution in [3.63, 3.8) is 0 Å². The summed E-state index contributed by atoms with van der Waals surface area (Å²) in [5, 5.41) is 0. The first kappa shape index (κ1) is 18.9. The number of hydrogen-bond donors (Lipinski definition) is 2. The van der Waals surface area contributed by atoms with E-state index in [9.17, 15) is 13.2 Å². The third-order valence-electron chi connectivity index (χ3n) is 3.97. The van der Waals surface area contributed by atoms with Gasteiger partial charge in [0.2, 0.25) is 15.9 Å². The van der Waals surface area contributed by atoms with Gasteiger partial charge in [-0.15, -0.1) is 12.4 Å². The Kier molecular flexibility index (Phi) is 5.97. The van der Waals surface area contributed by atoms with Gasteiger partial charge in [-0.05, 0) is 44.2 Å². The molecule has 0 spiro atoms. The van der Waals surface area contributed by atoms with Gasteiger partial charge >= 0.3 is 0 Å². The Morgan fingerprint density at radius 2 is 2.00 bits per heavy atom. The molecule has 0 radical (unpaired) electrons. The average molecular weight is 348 g/mol. The Balaban J connectivity index is 0.00000242. The fraction of sp³-hybridized carbons (Fsp3) is 0.500. The number of amides is 1. The van der Waals surface area contributed by atoms with Crippen molar-refractivity contribution in [3.05, 3.63) is 23.8 Å². The van der Waals surface area contributed by atoms with Crippen molar-refractivity contribution in [3.8, 4) is 0 Å². The summed E-state index contributed by atoms with van der Waals surface area (Å²) in [5.41, 5.74) is 7.44. The van der Waals surface area contributed by atoms with E-state index in [1.165, 1.54) is 13.1 Å². The lowest BCUT2D eigenvalue weighted by molar-refractivity contribution is -0.122. The van der Waals surface area contributed by atoms with Gasteiger partial charge in [0.15, 0.2) is 0 Å². The summed E-state index contributed by atoms with van der Waals surface area (Å²) >= 11 is 0. The van der Waals surface area contributed by atoms with Crippen LogP contribution in [0.3, 0.4) is 0 Å². The molecule has 1 aliphatic heterocycles. The molecule has 22 heavy (non-hydrogen) atoms. The van der Waals surface area contributed by atoms with E-state index in [-0.39, 0.29) is 35.2 Å². The van der Waals surface area contributed by atoms with E-state index in [0.29, 0.717) is 13.0 Å². The topological polar surface area (TPSA) is 92.5 Å². The number of rotatable bonds is 4. The summed E-state index contributed by atoms with van der Waals surface area (Å²) in [6.07, 6.45) is 0.653. The van der Waals surface area contributed by atoms with E-state index < -0.39 is 10.0 Å². The van der Waals surface area contributed by atoms with E-state index in [1.807, 2.05) is 13.8 Å². The number of carbonyl (C=O) groups is 1. The molecule has 0 aliphatic carbocycles. The zero-order valence-electron chi connectivity index (χ0n) is 12.9. The SMILES string of the molecule is CNS(=O)(=O)c1ccc2c(c1)CCN2C(=O)C(C)C(C)N.Cl. The number of halogens is 1. The fourth-order valence-electron chi connectivity index (χ4n) is 2.36. The summed E-state index contributed by atoms with van der Waals surface area (Å²) in [4.78, 5) is 14.3. The number of fused-ring (bicyclic) bond motifs is 1. The molecule has 8 heteroatoms. The number of nitrogens with two attached hydrogens (primary N) is 1. The lowest BCUT2D eigenvalue weighted by atomic mass is 10.0. The van der Waals surface area contributed by atoms with Crippen LogP contribution in [0.5, 0.6) is 0 Å². The molecule has 1 aromatic rings. The van der Waals surface area contributed by atoms with Gasteiger partial charge in [0.25, 0.3) is 0 Å². The predicted octanol–water partition coefficient (Wildman–Crippen LogP) is 0.889. The van der Waals surface area contributed by atoms with Crippen molar-refractivity contribution in [1.29, 1.82) is 0 Å². The Morgan fingerprint density at radius 1 is 1.36 bits per heavy atom. The lowest BCUT2D eigenvalue weighted by Crippen LogP contribution is -2.41. The molecule has 6 nitrogen and oxygen atoms in total. The van der Waals surface area contributed by atoms with Crippen molar-refractivity contribution >= 4 is 34.0 Å². The molecular weight excluding hydrogens is 326 g/mol. The Morgan fingerprint density at radius 3 is 2.55 bits per heavy atom. The van der Waals surface area contributed by atoms with Crippen LogP contribution in [-0.2, 0) is 21.2 Å². The van der Waals surface area contributed by atoms with Crippen molar-refractivity contribution in [2.75, 3.05) is 18.5 Å². The second kappa shape index (κ2) is 6.95. The summed E-state index contributed by atoms with van der Waals surface area (Å²) in [5.74, 6) is -0.287. The zero-order valence-corrected chi connectivity index (χ0v) is 14.5. The van der Waals surface area contributed by atoms with Crippen LogP contribution < -0.4 is 15.4 Å². The highest BCUT2D eigenvalue weighted by atomic mass is 35.5. The quantitative estimate of drug-likeness (QED) is 0.846. The van der Waals surface area contributed by atoms with Gasteiger partial charge in [-0.1, -0.05) is 6.92 Å². The van der Waals surface area contributed by atoms with Gasteiger partial charge in [-0.25, -0.2) is 13.1 Å². The molecule has 0 bridgehead atoms. The smallest absolute Gasteiger partial charge is 0.240 e. The number of nitrogens with one attached hydrogen (secondary N) is 1. The van der Waals surface area contributed by atoms with Crippen LogP contribution in [-0.4, -0.2) is 34.0 Å². The second-order valence-corrected chi connectivity index (χ2v) is 7.27. The standard InChI is InChI=1S/C14H21N3O3S.ClH/c1-9(10(2)15)14(18)17-7-6-11-8-12(4-5-13(11)17)21(19,20)16-3;/h4-5,8-10,16H,6-7,15H2,1-3H3;1H. The molecule has 0 fully saturated rings. The molecule has 0 saturated carbocycles. The van der Waals surface area contributed by atoms with Gasteiger partial charge in [0, 0.05) is 18.3 Å². The third kappa shape index (κ3) is 3.43. The summed E-state index contributed by atoms with van der Waals surface area (Å²) in [6, 6.07) is 4.63. The van der Waals surface area contributed by atoms with E-state index >= 15 is 0 Å². The second-order valence-electron chi connectivity index (χ2n) is 5.39. The molecule has 1 aromatic carbocycles. The molecule has 3 N–H and O–H groups in total. The fourth-order valence-corrected chi connectivity index (χ4v) is 3.14. The zero-order chi connectivity index (χ0) is 15.8. The van der Waals surface area contributed by atoms with Gasteiger partial charge in [0.05, 0.1) is 10.8 Å². The highest BCUT2D eigenvalue weighted by molar-refractivity contribution is 7.89. The van der Waals surface area contributed by atoms with Crippen LogP contribution in [0, 0.1) is 5.92 Å². The molecule has 124 valence electrons. The minimum absolute atomic E-state index is 0. The van der Waals surface area contributed by atoms with Crippen molar-refractivity contribution in [2.24, 2.45) is 11.7 Å². The summed E-state index contributed by atoms with van der Waals surface area (Å²) in [7, 11) is -2.08. The first-order chi connectivity index (χ1) is 9.77. The number of nitrogens with zero attached hydrogens (tertiary/aromatic N) is 1. The number of anilines is 1. The molecule has 2 unspecified atom stereocenters. The van der Waals surface area contributed by atoms with E-state index in [4.69, 9.17) is 5.73 Å². The van der Waals surface area contributed by atoms with Crippen LogP contribution >= 0.6 is 12.4 Å². The highest BCUT2D eigenvalue weighted by Gasteiger charge is 2.30. The maximum Gasteiger partial charge on any atom is 0.240 e. The van der Waals surface area contributed by atoms with Crippen LogP contribution in [0.25, 0.3) is 0 Å². The van der Waals surface area contributed by atoms with Crippen molar-refractivity contribution < 1.29 is 13.2 Å². The van der Waals surface area contributed by atoms with Crippen LogP contribution in [0.1, 0.15) is 19.4 Å². The maximum atomic E-state index is 12.4. The van der Waals surface area contributed by atoms with Gasteiger partial charge in [0.1, 0.15) is 0 Å².